The number of carbonyl (C=O) groups is 3. The number of ether oxygens (including phenoxy) is 1. The van der Waals surface area contributed by atoms with E-state index in [1.165, 1.54) is 0 Å². The molecule has 21 heavy (non-hydrogen) atoms. The molecule has 1 aliphatic heterocycles. The molecule has 1 aliphatic rings. The lowest BCUT2D eigenvalue weighted by Crippen LogP contribution is -2.36. The van der Waals surface area contributed by atoms with Crippen LogP contribution in [-0.4, -0.2) is 30.4 Å². The molecule has 0 saturated carbocycles. The summed E-state index contributed by atoms with van der Waals surface area (Å²) in [5.74, 6) is -3.45. The molecule has 6 nitrogen and oxygen atoms in total. The summed E-state index contributed by atoms with van der Waals surface area (Å²) in [6.07, 6.45) is 0.540. The molecule has 1 atom stereocenters. The lowest BCUT2D eigenvalue weighted by Gasteiger charge is -2.10. The number of hydrogen-bond acceptors (Lipinski definition) is 4. The van der Waals surface area contributed by atoms with Crippen LogP contribution in [0.4, 0.5) is 14.5 Å². The average Bonchev–Trinajstić information content (AvgIpc) is 2.86. The highest BCUT2D eigenvalue weighted by molar-refractivity contribution is 5.94. The summed E-state index contributed by atoms with van der Waals surface area (Å²) in [5.41, 5.74) is -0.216. The zero-order valence-electron chi connectivity index (χ0n) is 10.8. The van der Waals surface area contributed by atoms with Gasteiger partial charge in [0.05, 0.1) is 5.69 Å². The standard InChI is InChI=1S/C13H12F2N2O4/c14-7-1-2-9(8(15)5-7)16-12(19)6-21-13(20)10-3-4-11(18)17-10/h1-2,5,10H,3-4,6H2,(H,16,19)(H,17,18)/t10-/m1/s1. The monoisotopic (exact) mass is 298 g/mol. The van der Waals surface area contributed by atoms with Crippen molar-refractivity contribution in [1.29, 1.82) is 0 Å². The van der Waals surface area contributed by atoms with Gasteiger partial charge in [-0.3, -0.25) is 9.59 Å². The summed E-state index contributed by atoms with van der Waals surface area (Å²) in [7, 11) is 0. The highest BCUT2D eigenvalue weighted by Crippen LogP contribution is 2.14. The van der Waals surface area contributed by atoms with Gasteiger partial charge in [-0.2, -0.15) is 0 Å². The van der Waals surface area contributed by atoms with E-state index in [1.807, 2.05) is 0 Å². The van der Waals surface area contributed by atoms with Crippen molar-refractivity contribution in [3.63, 3.8) is 0 Å². The van der Waals surface area contributed by atoms with E-state index < -0.39 is 36.2 Å². The number of amides is 2. The Bertz CT molecular complexity index is 592. The van der Waals surface area contributed by atoms with E-state index in [4.69, 9.17) is 4.74 Å². The summed E-state index contributed by atoms with van der Waals surface area (Å²) < 4.78 is 30.7. The molecular formula is C13H12F2N2O4. The Morgan fingerprint density at radius 2 is 2.14 bits per heavy atom. The lowest BCUT2D eigenvalue weighted by atomic mass is 10.2. The van der Waals surface area contributed by atoms with Crippen LogP contribution in [0.2, 0.25) is 0 Å². The third-order valence-corrected chi connectivity index (χ3v) is 2.83. The van der Waals surface area contributed by atoms with E-state index in [1.54, 1.807) is 0 Å². The molecule has 1 fully saturated rings. The molecule has 0 radical (unpaired) electrons. The van der Waals surface area contributed by atoms with E-state index in [0.29, 0.717) is 12.5 Å². The fourth-order valence-electron chi connectivity index (χ4n) is 1.81. The highest BCUT2D eigenvalue weighted by atomic mass is 19.1. The molecule has 8 heteroatoms. The minimum Gasteiger partial charge on any atom is -0.454 e. The Labute approximate surface area is 118 Å². The van der Waals surface area contributed by atoms with Crippen LogP contribution in [0.25, 0.3) is 0 Å². The third-order valence-electron chi connectivity index (χ3n) is 2.83. The second-order valence-corrected chi connectivity index (χ2v) is 4.44. The molecule has 1 aromatic rings. The maximum absolute atomic E-state index is 13.3. The van der Waals surface area contributed by atoms with Gasteiger partial charge in [-0.1, -0.05) is 0 Å². The first-order valence-electron chi connectivity index (χ1n) is 6.16. The third kappa shape index (κ3) is 3.98. The Morgan fingerprint density at radius 3 is 2.76 bits per heavy atom. The van der Waals surface area contributed by atoms with Crippen molar-refractivity contribution in [1.82, 2.24) is 5.32 Å². The van der Waals surface area contributed by atoms with Crippen molar-refractivity contribution in [2.75, 3.05) is 11.9 Å². The molecule has 0 unspecified atom stereocenters. The first-order chi connectivity index (χ1) is 9.95. The van der Waals surface area contributed by atoms with Crippen molar-refractivity contribution in [3.8, 4) is 0 Å². The number of nitrogens with one attached hydrogen (secondary N) is 2. The van der Waals surface area contributed by atoms with Gasteiger partial charge >= 0.3 is 5.97 Å². The number of carbonyl (C=O) groups excluding carboxylic acids is 3. The number of benzene rings is 1. The minimum absolute atomic E-state index is 0.216. The van der Waals surface area contributed by atoms with Gasteiger partial charge in [0.25, 0.3) is 5.91 Å². The van der Waals surface area contributed by atoms with E-state index in [0.717, 1.165) is 12.1 Å². The number of esters is 1. The van der Waals surface area contributed by atoms with Gasteiger partial charge in [0, 0.05) is 12.5 Å². The average molecular weight is 298 g/mol. The lowest BCUT2D eigenvalue weighted by molar-refractivity contribution is -0.149. The molecule has 0 aromatic heterocycles. The van der Waals surface area contributed by atoms with Crippen molar-refractivity contribution in [2.24, 2.45) is 0 Å². The molecule has 2 N–H and O–H groups in total. The first-order valence-corrected chi connectivity index (χ1v) is 6.16. The van der Waals surface area contributed by atoms with Gasteiger partial charge in [-0.05, 0) is 18.6 Å². The Morgan fingerprint density at radius 1 is 1.38 bits per heavy atom. The highest BCUT2D eigenvalue weighted by Gasteiger charge is 2.28. The predicted octanol–water partition coefficient (Wildman–Crippen LogP) is 0.725. The van der Waals surface area contributed by atoms with Gasteiger partial charge in [-0.25, -0.2) is 13.6 Å². The van der Waals surface area contributed by atoms with Crippen LogP contribution in [0.5, 0.6) is 0 Å². The molecule has 2 rings (SSSR count). The molecule has 1 aromatic carbocycles. The summed E-state index contributed by atoms with van der Waals surface area (Å²) in [6, 6.07) is 1.91. The summed E-state index contributed by atoms with van der Waals surface area (Å²) in [6.45, 7) is -0.623. The second-order valence-electron chi connectivity index (χ2n) is 4.44. The molecule has 112 valence electrons. The van der Waals surface area contributed by atoms with Gasteiger partial charge < -0.3 is 15.4 Å². The number of anilines is 1. The fourth-order valence-corrected chi connectivity index (χ4v) is 1.81. The maximum Gasteiger partial charge on any atom is 0.329 e. The molecule has 2 amide bonds. The summed E-state index contributed by atoms with van der Waals surface area (Å²) in [5, 5.41) is 4.54. The van der Waals surface area contributed by atoms with Gasteiger partial charge in [0.15, 0.2) is 6.61 Å². The topological polar surface area (TPSA) is 84.5 Å². The first kappa shape index (κ1) is 14.9. The molecule has 0 spiro atoms. The van der Waals surface area contributed by atoms with Crippen LogP contribution >= 0.6 is 0 Å². The SMILES string of the molecule is O=C(COC(=O)[C@H]1CCC(=O)N1)Nc1ccc(F)cc1F. The number of halogens is 2. The van der Waals surface area contributed by atoms with Crippen LogP contribution in [0.15, 0.2) is 18.2 Å². The van der Waals surface area contributed by atoms with E-state index >= 15 is 0 Å². The summed E-state index contributed by atoms with van der Waals surface area (Å²) in [4.78, 5) is 33.9. The van der Waals surface area contributed by atoms with Crippen LogP contribution in [-0.2, 0) is 19.1 Å². The normalized spacial score (nSPS) is 17.2. The van der Waals surface area contributed by atoms with Crippen molar-refractivity contribution >= 4 is 23.5 Å². The van der Waals surface area contributed by atoms with Crippen molar-refractivity contribution in [2.45, 2.75) is 18.9 Å². The van der Waals surface area contributed by atoms with Crippen molar-refractivity contribution in [3.05, 3.63) is 29.8 Å². The van der Waals surface area contributed by atoms with Crippen molar-refractivity contribution < 1.29 is 27.9 Å². The van der Waals surface area contributed by atoms with Gasteiger partial charge in [0.2, 0.25) is 5.91 Å². The quantitative estimate of drug-likeness (QED) is 0.802. The van der Waals surface area contributed by atoms with E-state index in [-0.39, 0.29) is 18.0 Å². The number of rotatable bonds is 4. The van der Waals surface area contributed by atoms with Crippen LogP contribution in [0.3, 0.4) is 0 Å². The minimum atomic E-state index is -0.933. The molecule has 1 heterocycles. The van der Waals surface area contributed by atoms with E-state index in [2.05, 4.69) is 10.6 Å². The molecular weight excluding hydrogens is 286 g/mol. The Hall–Kier alpha value is -2.51. The second kappa shape index (κ2) is 6.29. The molecule has 0 bridgehead atoms. The zero-order valence-corrected chi connectivity index (χ0v) is 10.8. The maximum atomic E-state index is 13.3. The van der Waals surface area contributed by atoms with Gasteiger partial charge in [0.1, 0.15) is 17.7 Å². The Balaban J connectivity index is 1.82. The van der Waals surface area contributed by atoms with Crippen LogP contribution in [0.1, 0.15) is 12.8 Å². The van der Waals surface area contributed by atoms with Gasteiger partial charge in [-0.15, -0.1) is 0 Å². The largest absolute Gasteiger partial charge is 0.454 e. The number of hydrogen-bond donors (Lipinski definition) is 2. The fraction of sp³-hybridized carbons (Fsp3) is 0.308. The zero-order chi connectivity index (χ0) is 15.4. The predicted molar refractivity (Wildman–Crippen MR) is 67.1 cm³/mol. The van der Waals surface area contributed by atoms with Crippen LogP contribution in [0, 0.1) is 11.6 Å². The van der Waals surface area contributed by atoms with E-state index in [9.17, 15) is 23.2 Å². The summed E-state index contributed by atoms with van der Waals surface area (Å²) >= 11 is 0. The Kier molecular flexibility index (Phi) is 4.46. The smallest absolute Gasteiger partial charge is 0.329 e. The van der Waals surface area contributed by atoms with Crippen LogP contribution < -0.4 is 10.6 Å². The molecule has 1 saturated heterocycles. The molecule has 0 aliphatic carbocycles.